The first-order chi connectivity index (χ1) is 12.0. The number of nitrogens with one attached hydrogen (secondary N) is 1. The number of amides is 1. The van der Waals surface area contributed by atoms with E-state index in [0.717, 1.165) is 13.1 Å². The number of carboxylic acids is 1. The molecule has 1 aromatic rings. The maximum absolute atomic E-state index is 11.8. The van der Waals surface area contributed by atoms with Crippen LogP contribution in [0.3, 0.4) is 0 Å². The number of rotatable bonds is 7. The van der Waals surface area contributed by atoms with Crippen LogP contribution in [0.25, 0.3) is 0 Å². The Balaban J connectivity index is 1.89. The molecule has 0 aromatic heterocycles. The standard InChI is InChI=1S/C15H17BrClN3O5/c16-11-5-10(6-12(17)15(11)25-9-14(22)23)7-18-19-13(21)8-20-1-3-24-4-2-20/h5-7H,1-4,8-9H2,(H,19,21)(H,22,23)/b18-7+. The zero-order valence-corrected chi connectivity index (χ0v) is 15.5. The second kappa shape index (κ2) is 9.71. The smallest absolute Gasteiger partial charge is 0.341 e. The van der Waals surface area contributed by atoms with Crippen molar-refractivity contribution in [3.63, 3.8) is 0 Å². The van der Waals surface area contributed by atoms with E-state index in [1.165, 1.54) is 6.21 Å². The Morgan fingerprint density at radius 2 is 2.16 bits per heavy atom. The summed E-state index contributed by atoms with van der Waals surface area (Å²) in [6.45, 7) is 2.45. The van der Waals surface area contributed by atoms with E-state index in [2.05, 4.69) is 26.5 Å². The fraction of sp³-hybridized carbons (Fsp3) is 0.400. The van der Waals surface area contributed by atoms with Crippen LogP contribution in [0.5, 0.6) is 5.75 Å². The van der Waals surface area contributed by atoms with Gasteiger partial charge in [0.25, 0.3) is 5.91 Å². The highest BCUT2D eigenvalue weighted by Gasteiger charge is 2.14. The molecule has 0 atom stereocenters. The van der Waals surface area contributed by atoms with E-state index >= 15 is 0 Å². The van der Waals surface area contributed by atoms with Gasteiger partial charge in [-0.25, -0.2) is 10.2 Å². The molecule has 0 aliphatic carbocycles. The zero-order chi connectivity index (χ0) is 18.2. The average Bonchev–Trinajstić information content (AvgIpc) is 2.54. The molecule has 1 heterocycles. The molecule has 1 fully saturated rings. The van der Waals surface area contributed by atoms with Crippen molar-refractivity contribution in [2.45, 2.75) is 0 Å². The van der Waals surface area contributed by atoms with Gasteiger partial charge in [0.2, 0.25) is 0 Å². The van der Waals surface area contributed by atoms with Crippen LogP contribution in [0.1, 0.15) is 5.56 Å². The van der Waals surface area contributed by atoms with Gasteiger partial charge in [-0.15, -0.1) is 0 Å². The van der Waals surface area contributed by atoms with Gasteiger partial charge >= 0.3 is 5.97 Å². The molecular formula is C15H17BrClN3O5. The lowest BCUT2D eigenvalue weighted by atomic mass is 10.2. The highest BCUT2D eigenvalue weighted by Crippen LogP contribution is 2.34. The quantitative estimate of drug-likeness (QED) is 0.496. The summed E-state index contributed by atoms with van der Waals surface area (Å²) in [6.07, 6.45) is 1.44. The third kappa shape index (κ3) is 6.62. The minimum atomic E-state index is -1.10. The molecule has 1 aromatic carbocycles. The van der Waals surface area contributed by atoms with Crippen molar-refractivity contribution >= 4 is 45.6 Å². The van der Waals surface area contributed by atoms with Crippen molar-refractivity contribution in [3.8, 4) is 5.75 Å². The minimum absolute atomic E-state index is 0.218. The number of benzene rings is 1. The first-order valence-electron chi connectivity index (χ1n) is 7.41. The third-order valence-corrected chi connectivity index (χ3v) is 4.10. The molecule has 136 valence electrons. The van der Waals surface area contributed by atoms with E-state index in [-0.39, 0.29) is 23.2 Å². The van der Waals surface area contributed by atoms with E-state index < -0.39 is 12.6 Å². The van der Waals surface area contributed by atoms with E-state index in [9.17, 15) is 9.59 Å². The molecule has 10 heteroatoms. The Hall–Kier alpha value is -1.68. The Morgan fingerprint density at radius 1 is 1.44 bits per heavy atom. The largest absolute Gasteiger partial charge is 0.479 e. The average molecular weight is 435 g/mol. The maximum atomic E-state index is 11.8. The van der Waals surface area contributed by atoms with Gasteiger partial charge in [-0.3, -0.25) is 9.69 Å². The molecule has 0 saturated carbocycles. The van der Waals surface area contributed by atoms with Gasteiger partial charge in [-0.1, -0.05) is 11.6 Å². The van der Waals surface area contributed by atoms with Gasteiger partial charge in [0.15, 0.2) is 12.4 Å². The monoisotopic (exact) mass is 433 g/mol. The molecule has 0 unspecified atom stereocenters. The van der Waals surface area contributed by atoms with Crippen molar-refractivity contribution in [2.24, 2.45) is 5.10 Å². The van der Waals surface area contributed by atoms with Crippen LogP contribution in [0.2, 0.25) is 5.02 Å². The van der Waals surface area contributed by atoms with Gasteiger partial charge in [-0.05, 0) is 33.6 Å². The normalized spacial score (nSPS) is 15.3. The van der Waals surface area contributed by atoms with Crippen LogP contribution in [0.15, 0.2) is 21.7 Å². The molecule has 8 nitrogen and oxygen atoms in total. The lowest BCUT2D eigenvalue weighted by Crippen LogP contribution is -2.42. The lowest BCUT2D eigenvalue weighted by Gasteiger charge is -2.25. The maximum Gasteiger partial charge on any atom is 0.341 e. The highest BCUT2D eigenvalue weighted by atomic mass is 79.9. The summed E-state index contributed by atoms with van der Waals surface area (Å²) < 4.78 is 10.8. The van der Waals surface area contributed by atoms with Crippen LogP contribution < -0.4 is 10.2 Å². The van der Waals surface area contributed by atoms with Crippen LogP contribution in [-0.2, 0) is 14.3 Å². The summed E-state index contributed by atoms with van der Waals surface area (Å²) in [4.78, 5) is 24.4. The fourth-order valence-electron chi connectivity index (χ4n) is 2.10. The summed E-state index contributed by atoms with van der Waals surface area (Å²) >= 11 is 9.34. The lowest BCUT2D eigenvalue weighted by molar-refractivity contribution is -0.139. The summed E-state index contributed by atoms with van der Waals surface area (Å²) in [5.41, 5.74) is 3.07. The number of halogens is 2. The second-order valence-corrected chi connectivity index (χ2v) is 6.44. The van der Waals surface area contributed by atoms with Gasteiger partial charge < -0.3 is 14.6 Å². The van der Waals surface area contributed by atoms with Gasteiger partial charge in [0.05, 0.1) is 35.5 Å². The summed E-state index contributed by atoms with van der Waals surface area (Å²) in [5, 5.41) is 12.8. The van der Waals surface area contributed by atoms with Crippen LogP contribution in [-0.4, -0.2) is 67.6 Å². The number of hydrogen-bond acceptors (Lipinski definition) is 6. The van der Waals surface area contributed by atoms with Crippen molar-refractivity contribution < 1.29 is 24.2 Å². The number of hydrogen-bond donors (Lipinski definition) is 2. The van der Waals surface area contributed by atoms with Crippen molar-refractivity contribution in [1.29, 1.82) is 0 Å². The number of hydrazone groups is 1. The van der Waals surface area contributed by atoms with E-state index in [1.54, 1.807) is 12.1 Å². The van der Waals surface area contributed by atoms with Crippen LogP contribution >= 0.6 is 27.5 Å². The van der Waals surface area contributed by atoms with E-state index in [0.29, 0.717) is 23.2 Å². The number of carbonyl (C=O) groups is 2. The first-order valence-corrected chi connectivity index (χ1v) is 8.58. The van der Waals surface area contributed by atoms with Gasteiger partial charge in [0.1, 0.15) is 0 Å². The van der Waals surface area contributed by atoms with Crippen molar-refractivity contribution in [1.82, 2.24) is 10.3 Å². The number of ether oxygens (including phenoxy) is 2. The molecule has 25 heavy (non-hydrogen) atoms. The van der Waals surface area contributed by atoms with Gasteiger partial charge in [0, 0.05) is 13.1 Å². The zero-order valence-electron chi connectivity index (χ0n) is 13.2. The number of morpholine rings is 1. The third-order valence-electron chi connectivity index (χ3n) is 3.23. The first kappa shape index (κ1) is 19.6. The molecule has 1 aliphatic rings. The predicted molar refractivity (Wildman–Crippen MR) is 95.3 cm³/mol. The van der Waals surface area contributed by atoms with E-state index in [1.807, 2.05) is 4.90 Å². The number of carboxylic acid groups (broad SMARTS) is 1. The summed E-state index contributed by atoms with van der Waals surface area (Å²) in [6, 6.07) is 3.21. The van der Waals surface area contributed by atoms with Gasteiger partial charge in [-0.2, -0.15) is 5.10 Å². The van der Waals surface area contributed by atoms with E-state index in [4.69, 9.17) is 26.2 Å². The molecule has 0 bridgehead atoms. The molecule has 0 radical (unpaired) electrons. The number of nitrogens with zero attached hydrogens (tertiary/aromatic N) is 2. The molecule has 1 amide bonds. The number of aliphatic carboxylic acids is 1. The Bertz CT molecular complexity index is 642. The summed E-state index contributed by atoms with van der Waals surface area (Å²) in [7, 11) is 0. The molecule has 0 spiro atoms. The second-order valence-electron chi connectivity index (χ2n) is 5.18. The molecule has 1 aliphatic heterocycles. The molecule has 1 saturated heterocycles. The summed E-state index contributed by atoms with van der Waals surface area (Å²) in [5.74, 6) is -1.08. The van der Waals surface area contributed by atoms with Crippen molar-refractivity contribution in [2.75, 3.05) is 39.5 Å². The van der Waals surface area contributed by atoms with Crippen molar-refractivity contribution in [3.05, 3.63) is 27.2 Å². The fourth-order valence-corrected chi connectivity index (χ4v) is 3.09. The Kier molecular flexibility index (Phi) is 7.63. The van der Waals surface area contributed by atoms with Crippen LogP contribution in [0, 0.1) is 0 Å². The minimum Gasteiger partial charge on any atom is -0.479 e. The topological polar surface area (TPSA) is 100 Å². The molecule has 2 N–H and O–H groups in total. The number of carbonyl (C=O) groups excluding carboxylic acids is 1. The highest BCUT2D eigenvalue weighted by molar-refractivity contribution is 9.10. The molecule has 2 rings (SSSR count). The predicted octanol–water partition coefficient (Wildman–Crippen LogP) is 1.35. The molecular weight excluding hydrogens is 418 g/mol. The SMILES string of the molecule is O=C(O)COc1c(Cl)cc(/C=N/NC(=O)CN2CCOCC2)cc1Br. The Labute approximate surface area is 157 Å². The van der Waals surface area contributed by atoms with Crippen LogP contribution in [0.4, 0.5) is 0 Å². The Morgan fingerprint density at radius 3 is 2.80 bits per heavy atom.